The number of nitrogens with zero attached hydrogens (tertiary/aromatic N) is 3. The van der Waals surface area contributed by atoms with Crippen molar-refractivity contribution in [3.8, 4) is 6.07 Å². The second-order valence-corrected chi connectivity index (χ2v) is 3.38. The van der Waals surface area contributed by atoms with E-state index in [9.17, 15) is 0 Å². The maximum atomic E-state index is 8.84. The topological polar surface area (TPSA) is 61.6 Å². The van der Waals surface area contributed by atoms with E-state index >= 15 is 0 Å². The Kier molecular flexibility index (Phi) is 2.99. The number of nitriles is 1. The zero-order chi connectivity index (χ0) is 11.4. The highest BCUT2D eigenvalue weighted by Crippen LogP contribution is 2.24. The molecule has 78 valence electrons. The fourth-order valence-corrected chi connectivity index (χ4v) is 1.38. The summed E-state index contributed by atoms with van der Waals surface area (Å²) in [4.78, 5) is 7.92. The molecule has 0 aliphatic heterocycles. The molecule has 1 heterocycles. The van der Waals surface area contributed by atoms with Gasteiger partial charge >= 0.3 is 0 Å². The van der Waals surface area contributed by atoms with E-state index in [-0.39, 0.29) is 5.69 Å². The number of rotatable bonds is 2. The monoisotopic (exact) mass is 230 g/mol. The van der Waals surface area contributed by atoms with Crippen LogP contribution < -0.4 is 5.32 Å². The SMILES string of the molecule is N#Cc1nccnc1Nc1ccccc1Cl. The summed E-state index contributed by atoms with van der Waals surface area (Å²) >= 11 is 5.98. The number of nitrogens with one attached hydrogen (secondary N) is 1. The Labute approximate surface area is 97.5 Å². The van der Waals surface area contributed by atoms with Crippen LogP contribution >= 0.6 is 11.6 Å². The van der Waals surface area contributed by atoms with Gasteiger partial charge in [0.15, 0.2) is 11.5 Å². The average molecular weight is 231 g/mol. The third kappa shape index (κ3) is 2.10. The van der Waals surface area contributed by atoms with Crippen molar-refractivity contribution in [2.24, 2.45) is 0 Å². The van der Waals surface area contributed by atoms with Crippen LogP contribution in [0.25, 0.3) is 0 Å². The maximum absolute atomic E-state index is 8.84. The molecule has 2 rings (SSSR count). The zero-order valence-corrected chi connectivity index (χ0v) is 8.94. The summed E-state index contributed by atoms with van der Waals surface area (Å²) < 4.78 is 0. The van der Waals surface area contributed by atoms with Gasteiger partial charge in [-0.15, -0.1) is 0 Å². The Morgan fingerprint density at radius 3 is 2.69 bits per heavy atom. The minimum Gasteiger partial charge on any atom is -0.337 e. The molecule has 16 heavy (non-hydrogen) atoms. The molecule has 0 atom stereocenters. The van der Waals surface area contributed by atoms with Crippen LogP contribution in [0.1, 0.15) is 5.69 Å². The van der Waals surface area contributed by atoms with Crippen LogP contribution in [-0.2, 0) is 0 Å². The standard InChI is InChI=1S/C11H7ClN4/c12-8-3-1-2-4-9(8)16-11-10(7-13)14-5-6-15-11/h1-6H,(H,15,16). The van der Waals surface area contributed by atoms with E-state index in [0.29, 0.717) is 16.5 Å². The van der Waals surface area contributed by atoms with E-state index < -0.39 is 0 Å². The first kappa shape index (κ1) is 10.4. The lowest BCUT2D eigenvalue weighted by molar-refractivity contribution is 1.16. The van der Waals surface area contributed by atoms with Gasteiger partial charge in [0, 0.05) is 12.4 Å². The van der Waals surface area contributed by atoms with E-state index in [2.05, 4.69) is 15.3 Å². The van der Waals surface area contributed by atoms with Gasteiger partial charge in [-0.2, -0.15) is 5.26 Å². The summed E-state index contributed by atoms with van der Waals surface area (Å²) in [6.45, 7) is 0. The van der Waals surface area contributed by atoms with Crippen molar-refractivity contribution in [1.29, 1.82) is 5.26 Å². The van der Waals surface area contributed by atoms with Crippen molar-refractivity contribution < 1.29 is 0 Å². The first-order valence-electron chi connectivity index (χ1n) is 4.54. The molecular weight excluding hydrogens is 224 g/mol. The molecule has 4 nitrogen and oxygen atoms in total. The summed E-state index contributed by atoms with van der Waals surface area (Å²) in [6.07, 6.45) is 2.98. The summed E-state index contributed by atoms with van der Waals surface area (Å²) in [5.41, 5.74) is 0.934. The molecule has 0 saturated heterocycles. The van der Waals surface area contributed by atoms with Crippen molar-refractivity contribution in [1.82, 2.24) is 9.97 Å². The van der Waals surface area contributed by atoms with Gasteiger partial charge in [-0.05, 0) is 12.1 Å². The van der Waals surface area contributed by atoms with Gasteiger partial charge in [0.2, 0.25) is 0 Å². The first-order valence-corrected chi connectivity index (χ1v) is 4.91. The Balaban J connectivity index is 2.35. The van der Waals surface area contributed by atoms with Crippen molar-refractivity contribution >= 4 is 23.1 Å². The van der Waals surface area contributed by atoms with E-state index in [4.69, 9.17) is 16.9 Å². The fraction of sp³-hybridized carbons (Fsp3) is 0. The molecule has 0 unspecified atom stereocenters. The second kappa shape index (κ2) is 4.60. The van der Waals surface area contributed by atoms with Crippen LogP contribution in [0.4, 0.5) is 11.5 Å². The molecule has 0 aliphatic rings. The molecule has 0 bridgehead atoms. The van der Waals surface area contributed by atoms with Gasteiger partial charge < -0.3 is 5.32 Å². The van der Waals surface area contributed by atoms with Gasteiger partial charge in [0.05, 0.1) is 10.7 Å². The Bertz CT molecular complexity index is 548. The lowest BCUT2D eigenvalue weighted by Crippen LogP contribution is -1.98. The normalized spacial score (nSPS) is 9.50. The lowest BCUT2D eigenvalue weighted by Gasteiger charge is -2.07. The van der Waals surface area contributed by atoms with E-state index in [1.165, 1.54) is 12.4 Å². The number of aromatic nitrogens is 2. The summed E-state index contributed by atoms with van der Waals surface area (Å²) in [5.74, 6) is 0.401. The van der Waals surface area contributed by atoms with E-state index in [1.807, 2.05) is 18.2 Å². The van der Waals surface area contributed by atoms with Crippen LogP contribution in [-0.4, -0.2) is 9.97 Å². The fourth-order valence-electron chi connectivity index (χ4n) is 1.20. The molecule has 1 aromatic carbocycles. The predicted molar refractivity (Wildman–Crippen MR) is 61.5 cm³/mol. The Hall–Kier alpha value is -2.12. The van der Waals surface area contributed by atoms with Crippen molar-refractivity contribution in [2.45, 2.75) is 0 Å². The molecule has 0 radical (unpaired) electrons. The molecule has 0 amide bonds. The molecule has 0 fully saturated rings. The molecule has 5 heteroatoms. The number of hydrogen-bond acceptors (Lipinski definition) is 4. The molecule has 0 spiro atoms. The molecule has 0 saturated carbocycles. The number of anilines is 2. The number of benzene rings is 1. The van der Waals surface area contributed by atoms with Crippen LogP contribution in [0, 0.1) is 11.3 Å². The molecule has 2 aromatic rings. The summed E-state index contributed by atoms with van der Waals surface area (Å²) in [5, 5.41) is 12.4. The predicted octanol–water partition coefficient (Wildman–Crippen LogP) is 2.75. The van der Waals surface area contributed by atoms with Gasteiger partial charge in [-0.1, -0.05) is 23.7 Å². The molecular formula is C11H7ClN4. The van der Waals surface area contributed by atoms with E-state index in [0.717, 1.165) is 0 Å². The minimum absolute atomic E-state index is 0.238. The van der Waals surface area contributed by atoms with Gasteiger partial charge in [-0.3, -0.25) is 0 Å². The lowest BCUT2D eigenvalue weighted by atomic mass is 10.3. The van der Waals surface area contributed by atoms with Crippen LogP contribution in [0.2, 0.25) is 5.02 Å². The van der Waals surface area contributed by atoms with Crippen molar-refractivity contribution in [2.75, 3.05) is 5.32 Å². The van der Waals surface area contributed by atoms with Crippen LogP contribution in [0.3, 0.4) is 0 Å². The third-order valence-corrected chi connectivity index (χ3v) is 2.26. The van der Waals surface area contributed by atoms with Crippen molar-refractivity contribution in [3.63, 3.8) is 0 Å². The molecule has 1 aromatic heterocycles. The zero-order valence-electron chi connectivity index (χ0n) is 8.18. The van der Waals surface area contributed by atoms with Crippen molar-refractivity contribution in [3.05, 3.63) is 47.4 Å². The third-order valence-electron chi connectivity index (χ3n) is 1.93. The van der Waals surface area contributed by atoms with Gasteiger partial charge in [-0.25, -0.2) is 9.97 Å². The van der Waals surface area contributed by atoms with E-state index in [1.54, 1.807) is 12.1 Å². The van der Waals surface area contributed by atoms with Crippen LogP contribution in [0.5, 0.6) is 0 Å². The average Bonchev–Trinajstić information content (AvgIpc) is 2.33. The number of para-hydroxylation sites is 1. The van der Waals surface area contributed by atoms with Crippen LogP contribution in [0.15, 0.2) is 36.7 Å². The highest BCUT2D eigenvalue weighted by molar-refractivity contribution is 6.33. The summed E-state index contributed by atoms with van der Waals surface area (Å²) in [6, 6.07) is 9.19. The largest absolute Gasteiger partial charge is 0.337 e. The van der Waals surface area contributed by atoms with Gasteiger partial charge in [0.1, 0.15) is 6.07 Å². The highest BCUT2D eigenvalue weighted by atomic mass is 35.5. The maximum Gasteiger partial charge on any atom is 0.183 e. The number of hydrogen-bond donors (Lipinski definition) is 1. The quantitative estimate of drug-likeness (QED) is 0.862. The summed E-state index contributed by atoms with van der Waals surface area (Å²) in [7, 11) is 0. The highest BCUT2D eigenvalue weighted by Gasteiger charge is 2.05. The molecule has 1 N–H and O–H groups in total. The Morgan fingerprint density at radius 1 is 1.19 bits per heavy atom. The second-order valence-electron chi connectivity index (χ2n) is 2.97. The number of halogens is 1. The molecule has 0 aliphatic carbocycles. The van der Waals surface area contributed by atoms with Gasteiger partial charge in [0.25, 0.3) is 0 Å². The Morgan fingerprint density at radius 2 is 1.94 bits per heavy atom. The minimum atomic E-state index is 0.238. The smallest absolute Gasteiger partial charge is 0.183 e. The first-order chi connectivity index (χ1) is 7.81.